The van der Waals surface area contributed by atoms with Crippen LogP contribution in [0.25, 0.3) is 0 Å². The molecule has 1 aromatic carbocycles. The number of anilines is 2. The lowest BCUT2D eigenvalue weighted by Crippen LogP contribution is -2.39. The second-order valence-electron chi connectivity index (χ2n) is 7.03. The first-order valence-electron chi connectivity index (χ1n) is 9.71. The van der Waals surface area contributed by atoms with Crippen LogP contribution in [0.4, 0.5) is 11.5 Å². The summed E-state index contributed by atoms with van der Waals surface area (Å²) in [6, 6.07) is 12.0. The van der Waals surface area contributed by atoms with Crippen LogP contribution in [0.3, 0.4) is 0 Å². The number of amides is 1. The largest absolute Gasteiger partial charge is 0.370 e. The van der Waals surface area contributed by atoms with Crippen LogP contribution in [0.15, 0.2) is 47.6 Å². The van der Waals surface area contributed by atoms with Crippen molar-refractivity contribution in [2.75, 3.05) is 23.3 Å². The molecular formula is C21H29IN6O. The van der Waals surface area contributed by atoms with E-state index in [0.29, 0.717) is 12.5 Å². The number of piperidine rings is 1. The number of aromatic nitrogens is 1. The summed E-state index contributed by atoms with van der Waals surface area (Å²) in [7, 11) is 0. The number of hydrogen-bond acceptors (Lipinski definition) is 4. The number of hydrogen-bond donors (Lipinski definition) is 3. The molecule has 0 spiro atoms. The van der Waals surface area contributed by atoms with Crippen LogP contribution >= 0.6 is 24.0 Å². The number of nitrogens with zero attached hydrogens (tertiary/aromatic N) is 3. The molecule has 1 saturated heterocycles. The quantitative estimate of drug-likeness (QED) is 0.316. The number of carbonyl (C=O) groups excluding carboxylic acids is 1. The number of aryl methyl sites for hydroxylation is 1. The van der Waals surface area contributed by atoms with E-state index in [1.54, 1.807) is 6.20 Å². The number of guanidine groups is 1. The highest BCUT2D eigenvalue weighted by atomic mass is 127. The van der Waals surface area contributed by atoms with Crippen LogP contribution in [-0.2, 0) is 17.8 Å². The number of halogens is 1. The monoisotopic (exact) mass is 508 g/mol. The molecule has 1 aromatic heterocycles. The van der Waals surface area contributed by atoms with Gasteiger partial charge in [0.15, 0.2) is 5.96 Å². The highest BCUT2D eigenvalue weighted by molar-refractivity contribution is 14.0. The minimum absolute atomic E-state index is 0. The van der Waals surface area contributed by atoms with Crippen molar-refractivity contribution in [2.24, 2.45) is 22.4 Å². The van der Waals surface area contributed by atoms with Crippen molar-refractivity contribution in [3.63, 3.8) is 0 Å². The minimum Gasteiger partial charge on any atom is -0.370 e. The van der Waals surface area contributed by atoms with E-state index in [9.17, 15) is 4.79 Å². The van der Waals surface area contributed by atoms with Crippen molar-refractivity contribution in [1.82, 2.24) is 4.98 Å². The fraction of sp³-hybridized carbons (Fsp3) is 0.381. The molecule has 2 aromatic rings. The SMILES string of the molecule is CCc1cccc(NC(N)=NCc2cccnc2N2CCC(C(N)=O)CC2)c1.I. The Labute approximate surface area is 189 Å². The molecule has 0 aliphatic carbocycles. The number of nitrogens with one attached hydrogen (secondary N) is 1. The van der Waals surface area contributed by atoms with Gasteiger partial charge in [-0.2, -0.15) is 0 Å². The van der Waals surface area contributed by atoms with E-state index < -0.39 is 0 Å². The van der Waals surface area contributed by atoms with E-state index in [1.807, 2.05) is 24.3 Å². The standard InChI is InChI=1S/C21H28N6O.HI/c1-2-15-5-3-7-18(13-15)26-21(23)25-14-17-6-4-10-24-20(17)27-11-8-16(9-12-27)19(22)28;/h3-7,10,13,16H,2,8-9,11-12,14H2,1H3,(H2,22,28)(H3,23,25,26);1H. The summed E-state index contributed by atoms with van der Waals surface area (Å²) >= 11 is 0. The molecule has 2 heterocycles. The normalized spacial score (nSPS) is 14.9. The van der Waals surface area contributed by atoms with Gasteiger partial charge in [-0.1, -0.05) is 25.1 Å². The number of aliphatic imine (C=N–C) groups is 1. The van der Waals surface area contributed by atoms with Gasteiger partial charge in [0.2, 0.25) is 5.91 Å². The van der Waals surface area contributed by atoms with Crippen molar-refractivity contribution in [1.29, 1.82) is 0 Å². The summed E-state index contributed by atoms with van der Waals surface area (Å²) < 4.78 is 0. The maximum absolute atomic E-state index is 11.4. The van der Waals surface area contributed by atoms with E-state index in [2.05, 4.69) is 39.2 Å². The summed E-state index contributed by atoms with van der Waals surface area (Å²) in [5.41, 5.74) is 14.7. The molecule has 156 valence electrons. The van der Waals surface area contributed by atoms with Crippen LogP contribution in [0.5, 0.6) is 0 Å². The van der Waals surface area contributed by atoms with Crippen molar-refractivity contribution >= 4 is 47.3 Å². The van der Waals surface area contributed by atoms with E-state index in [-0.39, 0.29) is 35.8 Å². The third kappa shape index (κ3) is 6.31. The lowest BCUT2D eigenvalue weighted by molar-refractivity contribution is -0.122. The van der Waals surface area contributed by atoms with Gasteiger partial charge in [-0.3, -0.25) is 4.79 Å². The van der Waals surface area contributed by atoms with Gasteiger partial charge in [0, 0.05) is 36.5 Å². The third-order valence-corrected chi connectivity index (χ3v) is 5.09. The van der Waals surface area contributed by atoms with Crippen LogP contribution in [0, 0.1) is 5.92 Å². The first kappa shape index (κ1) is 22.9. The first-order valence-corrected chi connectivity index (χ1v) is 9.71. The number of primary amides is 1. The summed E-state index contributed by atoms with van der Waals surface area (Å²) in [5, 5.41) is 3.15. The maximum atomic E-state index is 11.4. The fourth-order valence-electron chi connectivity index (χ4n) is 3.44. The Hall–Kier alpha value is -2.36. The maximum Gasteiger partial charge on any atom is 0.220 e. The number of carbonyl (C=O) groups is 1. The van der Waals surface area contributed by atoms with Crippen molar-refractivity contribution in [2.45, 2.75) is 32.7 Å². The number of rotatable bonds is 6. The van der Waals surface area contributed by atoms with Gasteiger partial charge in [-0.15, -0.1) is 24.0 Å². The summed E-state index contributed by atoms with van der Waals surface area (Å²) in [4.78, 5) is 22.6. The van der Waals surface area contributed by atoms with Crippen LogP contribution in [-0.4, -0.2) is 29.9 Å². The third-order valence-electron chi connectivity index (χ3n) is 5.09. The Bertz CT molecular complexity index is 849. The number of nitrogens with two attached hydrogens (primary N) is 2. The van der Waals surface area contributed by atoms with Gasteiger partial charge >= 0.3 is 0 Å². The van der Waals surface area contributed by atoms with E-state index >= 15 is 0 Å². The van der Waals surface area contributed by atoms with Gasteiger partial charge in [0.05, 0.1) is 6.54 Å². The topological polar surface area (TPSA) is 110 Å². The van der Waals surface area contributed by atoms with E-state index in [0.717, 1.165) is 49.4 Å². The Balaban J connectivity index is 0.00000300. The second-order valence-corrected chi connectivity index (χ2v) is 7.03. The molecule has 0 unspecified atom stereocenters. The zero-order valence-corrected chi connectivity index (χ0v) is 19.0. The van der Waals surface area contributed by atoms with Crippen molar-refractivity contribution in [3.8, 4) is 0 Å². The molecule has 0 saturated carbocycles. The average Bonchev–Trinajstić information content (AvgIpc) is 2.72. The van der Waals surface area contributed by atoms with Gasteiger partial charge < -0.3 is 21.7 Å². The van der Waals surface area contributed by atoms with E-state index in [4.69, 9.17) is 11.5 Å². The molecule has 0 atom stereocenters. The number of benzene rings is 1. The molecule has 5 N–H and O–H groups in total. The Kier molecular flexibility index (Phi) is 8.69. The molecule has 8 heteroatoms. The summed E-state index contributed by atoms with van der Waals surface area (Å²) in [6.07, 6.45) is 4.26. The predicted molar refractivity (Wildman–Crippen MR) is 129 cm³/mol. The summed E-state index contributed by atoms with van der Waals surface area (Å²) in [5.74, 6) is 1.02. The molecule has 29 heavy (non-hydrogen) atoms. The lowest BCUT2D eigenvalue weighted by Gasteiger charge is -2.32. The molecule has 1 aliphatic rings. The predicted octanol–water partition coefficient (Wildman–Crippen LogP) is 2.89. The molecule has 3 rings (SSSR count). The van der Waals surface area contributed by atoms with Gasteiger partial charge in [0.25, 0.3) is 0 Å². The Morgan fingerprint density at radius 3 is 2.69 bits per heavy atom. The molecule has 7 nitrogen and oxygen atoms in total. The second kappa shape index (κ2) is 11.0. The highest BCUT2D eigenvalue weighted by Gasteiger charge is 2.24. The molecule has 0 radical (unpaired) electrons. The molecule has 1 aliphatic heterocycles. The highest BCUT2D eigenvalue weighted by Crippen LogP contribution is 2.25. The smallest absolute Gasteiger partial charge is 0.220 e. The molecular weight excluding hydrogens is 479 g/mol. The van der Waals surface area contributed by atoms with Crippen molar-refractivity contribution in [3.05, 3.63) is 53.7 Å². The first-order chi connectivity index (χ1) is 13.6. The zero-order valence-electron chi connectivity index (χ0n) is 16.7. The van der Waals surface area contributed by atoms with Crippen LogP contribution in [0.1, 0.15) is 30.9 Å². The zero-order chi connectivity index (χ0) is 19.9. The number of pyridine rings is 1. The Morgan fingerprint density at radius 1 is 1.24 bits per heavy atom. The molecule has 1 fully saturated rings. The average molecular weight is 508 g/mol. The lowest BCUT2D eigenvalue weighted by atomic mass is 9.96. The summed E-state index contributed by atoms with van der Waals surface area (Å²) in [6.45, 7) is 4.08. The van der Waals surface area contributed by atoms with Gasteiger partial charge in [0.1, 0.15) is 5.82 Å². The van der Waals surface area contributed by atoms with Gasteiger partial charge in [-0.05, 0) is 43.0 Å². The van der Waals surface area contributed by atoms with Crippen molar-refractivity contribution < 1.29 is 4.79 Å². The van der Waals surface area contributed by atoms with Crippen LogP contribution in [0.2, 0.25) is 0 Å². The molecule has 0 bridgehead atoms. The Morgan fingerprint density at radius 2 is 2.00 bits per heavy atom. The van der Waals surface area contributed by atoms with E-state index in [1.165, 1.54) is 5.56 Å². The fourth-order valence-corrected chi connectivity index (χ4v) is 3.44. The van der Waals surface area contributed by atoms with Crippen LogP contribution < -0.4 is 21.7 Å². The molecule has 1 amide bonds. The minimum atomic E-state index is -0.212. The van der Waals surface area contributed by atoms with Gasteiger partial charge in [-0.25, -0.2) is 9.98 Å².